The zero-order valence-electron chi connectivity index (χ0n) is 40.3. The summed E-state index contributed by atoms with van der Waals surface area (Å²) < 4.78 is 16.6. The van der Waals surface area contributed by atoms with Crippen LogP contribution in [0.25, 0.3) is 173 Å². The number of hydrogen-bond acceptors (Lipinski definition) is 3. The molecule has 0 saturated heterocycles. The summed E-state index contributed by atoms with van der Waals surface area (Å²) in [6.07, 6.45) is 0. The van der Waals surface area contributed by atoms with E-state index in [-0.39, 0.29) is 0 Å². The third-order valence-corrected chi connectivity index (χ3v) is 17.3. The number of fused-ring (bicyclic) bond motifs is 18. The second-order valence-corrected chi connectivity index (χ2v) is 21.2. The number of thiophene rings is 1. The van der Waals surface area contributed by atoms with E-state index in [1.54, 1.807) is 11.3 Å². The van der Waals surface area contributed by atoms with Crippen molar-refractivity contribution in [2.75, 3.05) is 0 Å². The van der Waals surface area contributed by atoms with E-state index in [4.69, 9.17) is 8.83 Å². The lowest BCUT2D eigenvalue weighted by molar-refractivity contribution is 0.669. The quantitative estimate of drug-likeness (QED) is 0.164. The first-order valence-corrected chi connectivity index (χ1v) is 26.5. The Morgan fingerprint density at radius 3 is 1.11 bits per heavy atom. The first-order chi connectivity index (χ1) is 37.2. The molecule has 14 aromatic carbocycles. The average Bonchev–Trinajstić information content (AvgIpc) is 4.26. The number of hydrogen-bond donors (Lipinski definition) is 0. The predicted molar refractivity (Wildman–Crippen MR) is 321 cm³/mol. The van der Waals surface area contributed by atoms with E-state index < -0.39 is 0 Å². The fourth-order valence-electron chi connectivity index (χ4n) is 13.0. The molecule has 0 amide bonds. The lowest BCUT2D eigenvalue weighted by Gasteiger charge is -2.18. The minimum Gasteiger partial charge on any atom is -0.455 e. The molecule has 17 aromatic rings. The molecule has 0 N–H and O–H groups in total. The van der Waals surface area contributed by atoms with Gasteiger partial charge in [0.1, 0.15) is 16.7 Å². The number of benzene rings is 14. The summed E-state index contributed by atoms with van der Waals surface area (Å²) >= 11 is 1.80. The van der Waals surface area contributed by atoms with Crippen molar-refractivity contribution in [1.82, 2.24) is 0 Å². The Kier molecular flexibility index (Phi) is 8.46. The van der Waals surface area contributed by atoms with Crippen molar-refractivity contribution >= 4 is 140 Å². The maximum Gasteiger partial charge on any atom is 0.154 e. The van der Waals surface area contributed by atoms with Crippen molar-refractivity contribution in [3.63, 3.8) is 0 Å². The van der Waals surface area contributed by atoms with E-state index in [0.29, 0.717) is 0 Å². The van der Waals surface area contributed by atoms with Gasteiger partial charge < -0.3 is 8.83 Å². The maximum atomic E-state index is 7.32. The highest BCUT2D eigenvalue weighted by atomic mass is 32.1. The van der Waals surface area contributed by atoms with E-state index in [0.717, 1.165) is 64.9 Å². The smallest absolute Gasteiger partial charge is 0.154 e. The van der Waals surface area contributed by atoms with Crippen LogP contribution in [0.15, 0.2) is 251 Å². The van der Waals surface area contributed by atoms with Crippen LogP contribution in [0.5, 0.6) is 0 Å². The Balaban J connectivity index is 0.897. The highest BCUT2D eigenvalue weighted by Crippen LogP contribution is 2.53. The second-order valence-electron chi connectivity index (χ2n) is 20.1. The third kappa shape index (κ3) is 5.84. The molecule has 3 heterocycles. The summed E-state index contributed by atoms with van der Waals surface area (Å²) in [7, 11) is 0. The number of furan rings is 2. The largest absolute Gasteiger partial charge is 0.455 e. The summed E-state index contributed by atoms with van der Waals surface area (Å²) in [5, 5.41) is 21.4. The molecule has 17 rings (SSSR count). The van der Waals surface area contributed by atoms with Gasteiger partial charge in [-0.1, -0.05) is 206 Å². The molecule has 0 saturated carbocycles. The molecule has 0 bridgehead atoms. The van der Waals surface area contributed by atoms with Gasteiger partial charge in [-0.2, -0.15) is 0 Å². The van der Waals surface area contributed by atoms with Crippen LogP contribution >= 0.6 is 11.3 Å². The molecule has 0 atom stereocenters. The van der Waals surface area contributed by atoms with Crippen molar-refractivity contribution in [2.45, 2.75) is 0 Å². The molecular formula is C72H40O2S. The van der Waals surface area contributed by atoms with Gasteiger partial charge in [0.15, 0.2) is 5.58 Å². The molecule has 0 aliphatic heterocycles. The lowest BCUT2D eigenvalue weighted by atomic mass is 9.85. The van der Waals surface area contributed by atoms with Crippen LogP contribution in [0, 0.1) is 0 Å². The normalized spacial score (nSPS) is 12.3. The number of para-hydroxylation sites is 1. The van der Waals surface area contributed by atoms with Crippen LogP contribution in [0.3, 0.4) is 0 Å². The molecule has 0 aliphatic rings. The first kappa shape index (κ1) is 41.0. The van der Waals surface area contributed by atoms with Crippen LogP contribution in [-0.4, -0.2) is 0 Å². The Bertz CT molecular complexity index is 5200. The van der Waals surface area contributed by atoms with Gasteiger partial charge in [0, 0.05) is 37.0 Å². The monoisotopic (exact) mass is 968 g/mol. The van der Waals surface area contributed by atoms with Crippen LogP contribution in [0.1, 0.15) is 0 Å². The molecule has 3 heteroatoms. The summed E-state index contributed by atoms with van der Waals surface area (Å²) in [5.74, 6) is 0. The summed E-state index contributed by atoms with van der Waals surface area (Å²) in [4.78, 5) is 0. The van der Waals surface area contributed by atoms with Crippen LogP contribution < -0.4 is 0 Å². The van der Waals surface area contributed by atoms with Gasteiger partial charge in [-0.05, 0) is 146 Å². The van der Waals surface area contributed by atoms with Gasteiger partial charge in [-0.3, -0.25) is 0 Å². The fraction of sp³-hybridized carbons (Fsp3) is 0. The van der Waals surface area contributed by atoms with Crippen molar-refractivity contribution in [2.24, 2.45) is 0 Å². The minimum absolute atomic E-state index is 0.857. The molecule has 346 valence electrons. The SMILES string of the molecule is c1ccc2cc(-c3c4ccccc4c(-c4ccc5c(c4)oc4c6sc7cc(-c8c9ccccc9c(-c9ccc%10ccccc%10c9)c9ccccc89)ccc7c6c6oc7ccccc7c6c54)c4ccccc34)ccc2c1. The average molecular weight is 969 g/mol. The zero-order valence-corrected chi connectivity index (χ0v) is 41.1. The Morgan fingerprint density at radius 2 is 0.600 bits per heavy atom. The first-order valence-electron chi connectivity index (χ1n) is 25.7. The molecule has 0 aliphatic carbocycles. The molecule has 0 radical (unpaired) electrons. The highest BCUT2D eigenvalue weighted by molar-refractivity contribution is 7.27. The highest BCUT2D eigenvalue weighted by Gasteiger charge is 2.26. The Hall–Kier alpha value is -9.54. The molecule has 0 fully saturated rings. The van der Waals surface area contributed by atoms with Gasteiger partial charge in [0.2, 0.25) is 0 Å². The summed E-state index contributed by atoms with van der Waals surface area (Å²) in [6, 6.07) is 89.1. The zero-order chi connectivity index (χ0) is 48.9. The standard InChI is InChI=1S/C72H40O2S/c1-3-17-43-37-45(31-29-41(43)15-1)63-49-19-5-9-23-53(49)65(54-24-10-6-20-50(54)63)47-33-35-58-61(39-47)74-71-68(58)67-57-27-13-14-28-60(57)73-70(67)69-59-36-34-48(40-62(59)75-72(69)71)66-55-25-11-7-21-51(55)64(52-22-8-12-26-56(52)66)46-32-30-42-16-2-4-18-44(42)38-46/h1-40H. The molecule has 75 heavy (non-hydrogen) atoms. The Labute approximate surface area is 433 Å². The molecule has 2 nitrogen and oxygen atoms in total. The second kappa shape index (κ2) is 15.5. The molecule has 3 aromatic heterocycles. The fourth-order valence-corrected chi connectivity index (χ4v) is 14.2. The maximum absolute atomic E-state index is 7.32. The van der Waals surface area contributed by atoms with E-state index >= 15 is 0 Å². The van der Waals surface area contributed by atoms with Gasteiger partial charge in [-0.15, -0.1) is 11.3 Å². The predicted octanol–water partition coefficient (Wildman–Crippen LogP) is 21.4. The van der Waals surface area contributed by atoms with Gasteiger partial charge >= 0.3 is 0 Å². The summed E-state index contributed by atoms with van der Waals surface area (Å²) in [6.45, 7) is 0. The van der Waals surface area contributed by atoms with Gasteiger partial charge in [-0.25, -0.2) is 0 Å². The molecule has 0 spiro atoms. The topological polar surface area (TPSA) is 26.3 Å². The summed E-state index contributed by atoms with van der Waals surface area (Å²) in [5.41, 5.74) is 13.2. The van der Waals surface area contributed by atoms with E-state index in [1.165, 1.54) is 108 Å². The van der Waals surface area contributed by atoms with Crippen LogP contribution in [-0.2, 0) is 0 Å². The number of rotatable bonds is 4. The third-order valence-electron chi connectivity index (χ3n) is 16.2. The lowest BCUT2D eigenvalue weighted by Crippen LogP contribution is -1.91. The van der Waals surface area contributed by atoms with Crippen molar-refractivity contribution in [3.8, 4) is 44.5 Å². The molecular weight excluding hydrogens is 929 g/mol. The van der Waals surface area contributed by atoms with Gasteiger partial charge in [0.05, 0.1) is 4.70 Å². The van der Waals surface area contributed by atoms with Gasteiger partial charge in [0.25, 0.3) is 0 Å². The minimum atomic E-state index is 0.857. The van der Waals surface area contributed by atoms with E-state index in [1.807, 2.05) is 0 Å². The van der Waals surface area contributed by atoms with E-state index in [9.17, 15) is 0 Å². The Morgan fingerprint density at radius 1 is 0.240 bits per heavy atom. The van der Waals surface area contributed by atoms with E-state index in [2.05, 4.69) is 243 Å². The van der Waals surface area contributed by atoms with Crippen molar-refractivity contribution in [1.29, 1.82) is 0 Å². The molecule has 0 unspecified atom stereocenters. The van der Waals surface area contributed by atoms with Crippen molar-refractivity contribution in [3.05, 3.63) is 243 Å². The van der Waals surface area contributed by atoms with Crippen LogP contribution in [0.4, 0.5) is 0 Å². The van der Waals surface area contributed by atoms with Crippen LogP contribution in [0.2, 0.25) is 0 Å². The van der Waals surface area contributed by atoms with Crippen molar-refractivity contribution < 1.29 is 8.83 Å².